The molecule has 0 aliphatic rings. The molecule has 0 saturated heterocycles. The van der Waals surface area contributed by atoms with Crippen molar-refractivity contribution in [3.8, 4) is 0 Å². The van der Waals surface area contributed by atoms with E-state index in [0.29, 0.717) is 23.0 Å². The van der Waals surface area contributed by atoms with Crippen molar-refractivity contribution < 1.29 is 14.3 Å². The second-order valence-electron chi connectivity index (χ2n) is 5.43. The number of ether oxygens (including phenoxy) is 1. The number of hydrogen-bond donors (Lipinski definition) is 1. The van der Waals surface area contributed by atoms with Gasteiger partial charge in [0.25, 0.3) is 0 Å². The summed E-state index contributed by atoms with van der Waals surface area (Å²) in [4.78, 5) is 28.6. The Balaban J connectivity index is 1.65. The maximum atomic E-state index is 12.2. The third kappa shape index (κ3) is 3.91. The fourth-order valence-corrected chi connectivity index (χ4v) is 3.66. The summed E-state index contributed by atoms with van der Waals surface area (Å²) in [6, 6.07) is 8.07. The van der Waals surface area contributed by atoms with Gasteiger partial charge in [-0.1, -0.05) is 22.0 Å². The molecule has 0 fully saturated rings. The van der Waals surface area contributed by atoms with Crippen LogP contribution < -0.4 is 5.32 Å². The number of carbonyl (C=O) groups is 2. The topological polar surface area (TPSA) is 73.2 Å². The minimum Gasteiger partial charge on any atom is -0.464 e. The molecule has 3 aromatic rings. The number of halogens is 1. The predicted molar refractivity (Wildman–Crippen MR) is 101 cm³/mol. The highest BCUT2D eigenvalue weighted by molar-refractivity contribution is 9.10. The highest BCUT2D eigenvalue weighted by atomic mass is 79.9. The van der Waals surface area contributed by atoms with Crippen molar-refractivity contribution in [2.45, 2.75) is 19.9 Å². The van der Waals surface area contributed by atoms with E-state index in [0.717, 1.165) is 15.4 Å². The van der Waals surface area contributed by atoms with E-state index in [9.17, 15) is 9.59 Å². The Bertz CT molecular complexity index is 948. The average Bonchev–Trinajstić information content (AvgIpc) is 3.15. The van der Waals surface area contributed by atoms with Crippen LogP contribution in [0.25, 0.3) is 10.9 Å². The molecule has 1 aromatic carbocycles. The lowest BCUT2D eigenvalue weighted by molar-refractivity contribution is -0.116. The van der Waals surface area contributed by atoms with Crippen LogP contribution in [0.3, 0.4) is 0 Å². The molecule has 0 atom stereocenters. The van der Waals surface area contributed by atoms with Crippen molar-refractivity contribution in [1.29, 1.82) is 0 Å². The minimum absolute atomic E-state index is 0.151. The van der Waals surface area contributed by atoms with Crippen LogP contribution in [0.1, 0.15) is 21.8 Å². The number of esters is 1. The lowest BCUT2D eigenvalue weighted by Gasteiger charge is -2.06. The van der Waals surface area contributed by atoms with Gasteiger partial charge in [0.15, 0.2) is 10.8 Å². The Morgan fingerprint density at radius 2 is 2.16 bits per heavy atom. The number of nitrogens with zero attached hydrogens (tertiary/aromatic N) is 2. The summed E-state index contributed by atoms with van der Waals surface area (Å²) in [6.45, 7) is 2.32. The number of hydrogen-bond acceptors (Lipinski definition) is 5. The summed E-state index contributed by atoms with van der Waals surface area (Å²) in [6.07, 6.45) is 2.27. The quantitative estimate of drug-likeness (QED) is 0.632. The van der Waals surface area contributed by atoms with Crippen LogP contribution in [0.5, 0.6) is 0 Å². The predicted octanol–water partition coefficient (Wildman–Crippen LogP) is 3.98. The van der Waals surface area contributed by atoms with Crippen molar-refractivity contribution in [2.75, 3.05) is 12.4 Å². The number of rotatable bonds is 5. The molecule has 0 aliphatic carbocycles. The average molecular weight is 422 g/mol. The van der Waals surface area contributed by atoms with E-state index >= 15 is 0 Å². The molecule has 0 saturated carbocycles. The molecule has 130 valence electrons. The fourth-order valence-electron chi connectivity index (χ4n) is 2.49. The molecule has 6 nitrogen and oxygen atoms in total. The zero-order valence-electron chi connectivity index (χ0n) is 13.7. The zero-order valence-corrected chi connectivity index (χ0v) is 16.1. The Hall–Kier alpha value is -2.19. The number of methoxy groups -OCH3 is 1. The number of anilines is 1. The molecular formula is C17H16BrN3O3S. The normalized spacial score (nSPS) is 10.8. The first-order valence-electron chi connectivity index (χ1n) is 7.58. The van der Waals surface area contributed by atoms with Gasteiger partial charge in [0, 0.05) is 34.0 Å². The van der Waals surface area contributed by atoms with Gasteiger partial charge in [-0.15, -0.1) is 11.3 Å². The van der Waals surface area contributed by atoms with Crippen molar-refractivity contribution in [3.63, 3.8) is 0 Å². The van der Waals surface area contributed by atoms with Crippen LogP contribution >= 0.6 is 27.3 Å². The Labute approximate surface area is 156 Å². The number of aryl methyl sites for hydroxylation is 2. The van der Waals surface area contributed by atoms with Gasteiger partial charge in [-0.05, 0) is 30.5 Å². The van der Waals surface area contributed by atoms with E-state index in [-0.39, 0.29) is 11.6 Å². The molecule has 0 spiro atoms. The molecule has 0 bridgehead atoms. The minimum atomic E-state index is -0.501. The van der Waals surface area contributed by atoms with Crippen molar-refractivity contribution >= 4 is 55.2 Å². The maximum Gasteiger partial charge on any atom is 0.357 e. The number of thiazole rings is 1. The second-order valence-corrected chi connectivity index (χ2v) is 7.54. The summed E-state index contributed by atoms with van der Waals surface area (Å²) < 4.78 is 7.70. The zero-order chi connectivity index (χ0) is 18.0. The largest absolute Gasteiger partial charge is 0.464 e. The summed E-state index contributed by atoms with van der Waals surface area (Å²) in [5, 5.41) is 4.27. The molecule has 2 heterocycles. The number of benzene rings is 1. The monoisotopic (exact) mass is 421 g/mol. The molecule has 0 unspecified atom stereocenters. The Morgan fingerprint density at radius 1 is 1.36 bits per heavy atom. The lowest BCUT2D eigenvalue weighted by atomic mass is 10.2. The summed E-state index contributed by atoms with van der Waals surface area (Å²) in [5.74, 6) is -0.652. The van der Waals surface area contributed by atoms with Crippen molar-refractivity contribution in [3.05, 3.63) is 45.5 Å². The molecule has 8 heteroatoms. The van der Waals surface area contributed by atoms with Crippen molar-refractivity contribution in [1.82, 2.24) is 9.55 Å². The van der Waals surface area contributed by atoms with Gasteiger partial charge in [0.2, 0.25) is 5.91 Å². The third-order valence-corrected chi connectivity index (χ3v) is 5.12. The van der Waals surface area contributed by atoms with Crippen LogP contribution in [0.15, 0.2) is 34.9 Å². The lowest BCUT2D eigenvalue weighted by Crippen LogP contribution is -2.14. The first kappa shape index (κ1) is 17.6. The van der Waals surface area contributed by atoms with Crippen LogP contribution in [0.2, 0.25) is 0 Å². The fraction of sp³-hybridized carbons (Fsp3) is 0.235. The van der Waals surface area contributed by atoms with Crippen LogP contribution in [0.4, 0.5) is 5.13 Å². The van der Waals surface area contributed by atoms with E-state index in [1.54, 1.807) is 6.92 Å². The second kappa shape index (κ2) is 7.37. The molecule has 2 aromatic heterocycles. The third-order valence-electron chi connectivity index (χ3n) is 3.74. The first-order chi connectivity index (χ1) is 12.0. The highest BCUT2D eigenvalue weighted by Crippen LogP contribution is 2.23. The molecule has 1 N–H and O–H groups in total. The maximum absolute atomic E-state index is 12.2. The first-order valence-corrected chi connectivity index (χ1v) is 9.19. The number of carbonyl (C=O) groups excluding carboxylic acids is 2. The molecule has 1 amide bonds. The van der Waals surface area contributed by atoms with E-state index in [4.69, 9.17) is 0 Å². The summed E-state index contributed by atoms with van der Waals surface area (Å²) in [7, 11) is 1.30. The number of fused-ring (bicyclic) bond motifs is 1. The molecule has 3 rings (SSSR count). The number of nitrogens with one attached hydrogen (secondary N) is 1. The van der Waals surface area contributed by atoms with Gasteiger partial charge in [-0.25, -0.2) is 9.78 Å². The molecule has 0 aliphatic heterocycles. The number of aromatic nitrogens is 2. The SMILES string of the molecule is COC(=O)c1nc(NC(=O)CCn2ccc3ccc(Br)cc32)sc1C. The Kier molecular flexibility index (Phi) is 5.19. The van der Waals surface area contributed by atoms with Gasteiger partial charge < -0.3 is 14.6 Å². The smallest absolute Gasteiger partial charge is 0.357 e. The van der Waals surface area contributed by atoms with Gasteiger partial charge in [0.1, 0.15) is 0 Å². The Morgan fingerprint density at radius 3 is 2.92 bits per heavy atom. The van der Waals surface area contributed by atoms with Crippen LogP contribution in [-0.4, -0.2) is 28.5 Å². The van der Waals surface area contributed by atoms with E-state index in [1.165, 1.54) is 18.4 Å². The highest BCUT2D eigenvalue weighted by Gasteiger charge is 2.17. The van der Waals surface area contributed by atoms with Gasteiger partial charge in [-0.3, -0.25) is 4.79 Å². The molecule has 25 heavy (non-hydrogen) atoms. The number of amides is 1. The van der Waals surface area contributed by atoms with Crippen LogP contribution in [0, 0.1) is 6.92 Å². The van der Waals surface area contributed by atoms with Gasteiger partial charge in [-0.2, -0.15) is 0 Å². The standard InChI is InChI=1S/C17H16BrN3O3S/c1-10-15(16(23)24-2)20-17(25-10)19-14(22)6-8-21-7-5-11-3-4-12(18)9-13(11)21/h3-5,7,9H,6,8H2,1-2H3,(H,19,20,22). The summed E-state index contributed by atoms with van der Waals surface area (Å²) in [5.41, 5.74) is 1.31. The van der Waals surface area contributed by atoms with Gasteiger partial charge >= 0.3 is 5.97 Å². The van der Waals surface area contributed by atoms with E-state index in [2.05, 4.69) is 31.0 Å². The van der Waals surface area contributed by atoms with Gasteiger partial charge in [0.05, 0.1) is 7.11 Å². The van der Waals surface area contributed by atoms with Crippen molar-refractivity contribution in [2.24, 2.45) is 0 Å². The van der Waals surface area contributed by atoms with E-state index in [1.807, 2.05) is 35.0 Å². The van der Waals surface area contributed by atoms with E-state index < -0.39 is 5.97 Å². The van der Waals surface area contributed by atoms with Crippen LogP contribution in [-0.2, 0) is 16.1 Å². The molecular weight excluding hydrogens is 406 g/mol. The summed E-state index contributed by atoms with van der Waals surface area (Å²) >= 11 is 4.72. The molecule has 0 radical (unpaired) electrons.